The molecule has 1 aliphatic carbocycles. The zero-order valence-electron chi connectivity index (χ0n) is 11.1. The maximum absolute atomic E-state index is 6.00. The Morgan fingerprint density at radius 2 is 1.78 bits per heavy atom. The summed E-state index contributed by atoms with van der Waals surface area (Å²) < 4.78 is 6.00. The third-order valence-corrected chi connectivity index (χ3v) is 4.32. The van der Waals surface area contributed by atoms with Gasteiger partial charge in [-0.05, 0) is 18.4 Å². The van der Waals surface area contributed by atoms with Gasteiger partial charge in [0.15, 0.2) is 0 Å². The van der Waals surface area contributed by atoms with Crippen LogP contribution >= 0.6 is 0 Å². The monoisotopic (exact) mass is 245 g/mol. The molecule has 1 heterocycles. The van der Waals surface area contributed by atoms with E-state index in [2.05, 4.69) is 35.2 Å². The lowest BCUT2D eigenvalue weighted by Crippen LogP contribution is -2.35. The van der Waals surface area contributed by atoms with Crippen molar-refractivity contribution in [1.29, 1.82) is 0 Å². The molecule has 1 saturated heterocycles. The van der Waals surface area contributed by atoms with Gasteiger partial charge in [-0.3, -0.25) is 4.90 Å². The molecule has 0 aromatic heterocycles. The minimum atomic E-state index is 0.494. The van der Waals surface area contributed by atoms with E-state index in [1.807, 2.05) is 0 Å². The molecule has 1 aromatic rings. The molecule has 2 fully saturated rings. The molecule has 1 aliphatic heterocycles. The van der Waals surface area contributed by atoms with Gasteiger partial charge < -0.3 is 4.74 Å². The molecule has 1 aromatic carbocycles. The second-order valence-corrected chi connectivity index (χ2v) is 5.63. The third-order valence-electron chi connectivity index (χ3n) is 4.32. The predicted octanol–water partition coefficient (Wildman–Crippen LogP) is 3.57. The highest BCUT2D eigenvalue weighted by molar-refractivity contribution is 5.14. The molecule has 98 valence electrons. The Morgan fingerprint density at radius 3 is 2.61 bits per heavy atom. The van der Waals surface area contributed by atoms with Gasteiger partial charge in [-0.25, -0.2) is 0 Å². The maximum Gasteiger partial charge on any atom is 0.100 e. The van der Waals surface area contributed by atoms with Gasteiger partial charge >= 0.3 is 0 Å². The second-order valence-electron chi connectivity index (χ2n) is 5.63. The number of hydrogen-bond acceptors (Lipinski definition) is 2. The van der Waals surface area contributed by atoms with Crippen LogP contribution in [0, 0.1) is 0 Å². The van der Waals surface area contributed by atoms with Crippen LogP contribution in [0.1, 0.15) is 44.1 Å². The first-order chi connectivity index (χ1) is 8.93. The lowest BCUT2D eigenvalue weighted by atomic mass is 9.94. The fourth-order valence-electron chi connectivity index (χ4n) is 3.31. The summed E-state index contributed by atoms with van der Waals surface area (Å²) in [6.45, 7) is 1.87. The van der Waals surface area contributed by atoms with E-state index in [9.17, 15) is 0 Å². The summed E-state index contributed by atoms with van der Waals surface area (Å²) in [7, 11) is 0. The van der Waals surface area contributed by atoms with Crippen LogP contribution in [0.5, 0.6) is 0 Å². The fourth-order valence-corrected chi connectivity index (χ4v) is 3.31. The predicted molar refractivity (Wildman–Crippen MR) is 73.2 cm³/mol. The van der Waals surface area contributed by atoms with Crippen molar-refractivity contribution in [2.75, 3.05) is 6.73 Å². The van der Waals surface area contributed by atoms with Crippen LogP contribution < -0.4 is 0 Å². The fraction of sp³-hybridized carbons (Fsp3) is 0.625. The van der Waals surface area contributed by atoms with Crippen molar-refractivity contribution < 1.29 is 4.74 Å². The maximum atomic E-state index is 6.00. The zero-order valence-corrected chi connectivity index (χ0v) is 11.1. The van der Waals surface area contributed by atoms with Gasteiger partial charge in [0.05, 0.1) is 6.10 Å². The summed E-state index contributed by atoms with van der Waals surface area (Å²) in [5.41, 5.74) is 1.41. The first-order valence-electron chi connectivity index (χ1n) is 7.33. The van der Waals surface area contributed by atoms with E-state index >= 15 is 0 Å². The van der Waals surface area contributed by atoms with Crippen molar-refractivity contribution in [3.63, 3.8) is 0 Å². The van der Waals surface area contributed by atoms with Crippen LogP contribution in [-0.4, -0.2) is 23.8 Å². The van der Waals surface area contributed by atoms with Gasteiger partial charge in [-0.15, -0.1) is 0 Å². The Kier molecular flexibility index (Phi) is 3.96. The van der Waals surface area contributed by atoms with E-state index in [0.717, 1.165) is 13.3 Å². The van der Waals surface area contributed by atoms with Crippen molar-refractivity contribution in [3.8, 4) is 0 Å². The summed E-state index contributed by atoms with van der Waals surface area (Å²) >= 11 is 0. The van der Waals surface area contributed by atoms with Crippen molar-refractivity contribution in [1.82, 2.24) is 4.90 Å². The van der Waals surface area contributed by atoms with Gasteiger partial charge in [0.25, 0.3) is 0 Å². The van der Waals surface area contributed by atoms with Gasteiger partial charge in [-0.2, -0.15) is 0 Å². The molecule has 2 aliphatic rings. The van der Waals surface area contributed by atoms with Crippen molar-refractivity contribution >= 4 is 0 Å². The molecule has 18 heavy (non-hydrogen) atoms. The van der Waals surface area contributed by atoms with Crippen LogP contribution in [0.3, 0.4) is 0 Å². The number of benzene rings is 1. The van der Waals surface area contributed by atoms with Crippen LogP contribution in [-0.2, 0) is 11.3 Å². The quantitative estimate of drug-likeness (QED) is 0.790. The molecule has 1 saturated carbocycles. The Balaban J connectivity index is 1.65. The highest BCUT2D eigenvalue weighted by Gasteiger charge is 2.34. The molecule has 0 N–H and O–H groups in total. The summed E-state index contributed by atoms with van der Waals surface area (Å²) in [5.74, 6) is 0. The molecule has 2 atom stereocenters. The molecule has 2 heteroatoms. The highest BCUT2D eigenvalue weighted by atomic mass is 16.5. The van der Waals surface area contributed by atoms with Crippen molar-refractivity contribution in [2.24, 2.45) is 0 Å². The van der Waals surface area contributed by atoms with E-state index < -0.39 is 0 Å². The van der Waals surface area contributed by atoms with Crippen LogP contribution in [0.4, 0.5) is 0 Å². The van der Waals surface area contributed by atoms with Crippen LogP contribution in [0.15, 0.2) is 30.3 Å². The van der Waals surface area contributed by atoms with Crippen molar-refractivity contribution in [2.45, 2.75) is 57.2 Å². The molecular weight excluding hydrogens is 222 g/mol. The SMILES string of the molecule is c1ccc(CN2COC3CCCCCCC32)cc1. The lowest BCUT2D eigenvalue weighted by Gasteiger charge is -2.27. The lowest BCUT2D eigenvalue weighted by molar-refractivity contribution is 0.0792. The van der Waals surface area contributed by atoms with Gasteiger partial charge in [0.2, 0.25) is 0 Å². The molecular formula is C16H23NO. The normalized spacial score (nSPS) is 29.6. The molecule has 3 rings (SSSR count). The standard InChI is InChI=1S/C16H23NO/c1-2-7-11-16-15(10-6-1)17(13-18-16)12-14-8-4-3-5-9-14/h3-5,8-9,15-16H,1-2,6-7,10-13H2. The number of nitrogens with zero attached hydrogens (tertiary/aromatic N) is 1. The Hall–Kier alpha value is -0.860. The van der Waals surface area contributed by atoms with E-state index in [0.29, 0.717) is 12.1 Å². The van der Waals surface area contributed by atoms with Gasteiger partial charge in [-0.1, -0.05) is 56.0 Å². The second kappa shape index (κ2) is 5.85. The summed E-state index contributed by atoms with van der Waals surface area (Å²) in [5, 5.41) is 0. The van der Waals surface area contributed by atoms with E-state index in [1.165, 1.54) is 44.1 Å². The topological polar surface area (TPSA) is 12.5 Å². The smallest absolute Gasteiger partial charge is 0.100 e. The molecule has 0 bridgehead atoms. The average Bonchev–Trinajstić information content (AvgIpc) is 2.72. The molecule has 0 radical (unpaired) electrons. The summed E-state index contributed by atoms with van der Waals surface area (Å²) in [6, 6.07) is 11.4. The molecule has 2 unspecified atom stereocenters. The summed E-state index contributed by atoms with van der Waals surface area (Å²) in [4.78, 5) is 2.53. The number of fused-ring (bicyclic) bond motifs is 1. The Morgan fingerprint density at radius 1 is 1.00 bits per heavy atom. The molecule has 0 spiro atoms. The van der Waals surface area contributed by atoms with E-state index in [4.69, 9.17) is 4.74 Å². The molecule has 2 nitrogen and oxygen atoms in total. The number of rotatable bonds is 2. The van der Waals surface area contributed by atoms with Gasteiger partial charge in [0.1, 0.15) is 6.73 Å². The number of hydrogen-bond donors (Lipinski definition) is 0. The minimum Gasteiger partial charge on any atom is -0.361 e. The zero-order chi connectivity index (χ0) is 12.2. The third kappa shape index (κ3) is 2.76. The first-order valence-corrected chi connectivity index (χ1v) is 7.33. The highest BCUT2D eigenvalue weighted by Crippen LogP contribution is 2.29. The summed E-state index contributed by atoms with van der Waals surface area (Å²) in [6.07, 6.45) is 8.59. The first kappa shape index (κ1) is 12.2. The Labute approximate surface area is 110 Å². The Bertz CT molecular complexity index is 365. The van der Waals surface area contributed by atoms with Crippen LogP contribution in [0.25, 0.3) is 0 Å². The van der Waals surface area contributed by atoms with Crippen molar-refractivity contribution in [3.05, 3.63) is 35.9 Å². The minimum absolute atomic E-state index is 0.494. The van der Waals surface area contributed by atoms with Gasteiger partial charge in [0, 0.05) is 12.6 Å². The van der Waals surface area contributed by atoms with Crippen LogP contribution in [0.2, 0.25) is 0 Å². The van der Waals surface area contributed by atoms with E-state index in [-0.39, 0.29) is 0 Å². The van der Waals surface area contributed by atoms with E-state index in [1.54, 1.807) is 0 Å². The molecule has 0 amide bonds. The average molecular weight is 245 g/mol. The number of ether oxygens (including phenoxy) is 1. The largest absolute Gasteiger partial charge is 0.361 e.